The van der Waals surface area contributed by atoms with Crippen molar-refractivity contribution in [3.05, 3.63) is 77.2 Å². The van der Waals surface area contributed by atoms with Crippen molar-refractivity contribution in [2.45, 2.75) is 0 Å². The van der Waals surface area contributed by atoms with Crippen LogP contribution < -0.4 is 11.5 Å². The zero-order chi connectivity index (χ0) is 15.7. The van der Waals surface area contributed by atoms with Gasteiger partial charge < -0.3 is 11.5 Å². The summed E-state index contributed by atoms with van der Waals surface area (Å²) < 4.78 is 0. The molecule has 1 atom stereocenters. The second-order valence-electron chi connectivity index (χ2n) is 5.32. The Hall–Kier alpha value is -3.24. The first-order valence-corrected chi connectivity index (χ1v) is 6.88. The van der Waals surface area contributed by atoms with Gasteiger partial charge in [0.15, 0.2) is 5.41 Å². The van der Waals surface area contributed by atoms with Gasteiger partial charge in [-0.3, -0.25) is 0 Å². The number of nitriles is 2. The number of nitrogens with two attached hydrogens (primary N) is 2. The molecule has 1 aromatic rings. The molecule has 22 heavy (non-hydrogen) atoms. The molecule has 4 N–H and O–H groups in total. The normalized spacial score (nSPS) is 22.0. The molecular weight excluding hydrogens is 272 g/mol. The lowest BCUT2D eigenvalue weighted by Gasteiger charge is -2.22. The minimum atomic E-state index is -1.34. The number of allylic oxidation sites excluding steroid dienone is 6. The fourth-order valence-electron chi connectivity index (χ4n) is 3.10. The standard InChI is InChI=1S/C18H14N4/c19-10-18(11-20)15-8-4-7-13(21)9-14(15)17(22)16(18)12-5-2-1-3-6-12/h1-9,15H,21-22H2/t15-/m0/s1. The third-order valence-corrected chi connectivity index (χ3v) is 4.11. The van der Waals surface area contributed by atoms with E-state index in [2.05, 4.69) is 12.1 Å². The zero-order valence-corrected chi connectivity index (χ0v) is 11.8. The van der Waals surface area contributed by atoms with Gasteiger partial charge in [0.05, 0.1) is 12.1 Å². The Morgan fingerprint density at radius 3 is 2.36 bits per heavy atom. The van der Waals surface area contributed by atoms with Gasteiger partial charge in [-0.25, -0.2) is 0 Å². The predicted octanol–water partition coefficient (Wildman–Crippen LogP) is 2.36. The Labute approximate surface area is 129 Å². The van der Waals surface area contributed by atoms with E-state index in [-0.39, 0.29) is 0 Å². The van der Waals surface area contributed by atoms with Crippen molar-refractivity contribution >= 4 is 5.57 Å². The molecule has 0 unspecified atom stereocenters. The van der Waals surface area contributed by atoms with Gasteiger partial charge in [0.2, 0.25) is 0 Å². The average Bonchev–Trinajstić information content (AvgIpc) is 2.67. The van der Waals surface area contributed by atoms with Gasteiger partial charge in [0, 0.05) is 22.9 Å². The van der Waals surface area contributed by atoms with Gasteiger partial charge in [-0.1, -0.05) is 42.5 Å². The molecule has 0 saturated heterocycles. The molecule has 0 aromatic heterocycles. The molecule has 4 heteroatoms. The number of fused-ring (bicyclic) bond motifs is 1. The number of hydrogen-bond donors (Lipinski definition) is 2. The average molecular weight is 286 g/mol. The van der Waals surface area contributed by atoms with Crippen LogP contribution in [0.5, 0.6) is 0 Å². The molecule has 0 heterocycles. The Kier molecular flexibility index (Phi) is 3.09. The lowest BCUT2D eigenvalue weighted by molar-refractivity contribution is 0.577. The first-order chi connectivity index (χ1) is 10.6. The van der Waals surface area contributed by atoms with Crippen LogP contribution in [0.15, 0.2) is 71.6 Å². The number of benzene rings is 1. The molecule has 2 aliphatic rings. The van der Waals surface area contributed by atoms with Crippen LogP contribution in [-0.4, -0.2) is 0 Å². The van der Waals surface area contributed by atoms with E-state index in [9.17, 15) is 10.5 Å². The molecule has 2 aliphatic carbocycles. The van der Waals surface area contributed by atoms with Crippen molar-refractivity contribution in [2.75, 3.05) is 0 Å². The van der Waals surface area contributed by atoms with Crippen molar-refractivity contribution in [3.8, 4) is 12.1 Å². The SMILES string of the molecule is N#CC1(C#N)C(c2ccccc2)=C(N)C2=CC(N)=CC=C[C@@H]21. The van der Waals surface area contributed by atoms with Gasteiger partial charge in [-0.2, -0.15) is 10.5 Å². The minimum Gasteiger partial charge on any atom is -0.399 e. The van der Waals surface area contributed by atoms with Gasteiger partial charge in [0.1, 0.15) is 0 Å². The van der Waals surface area contributed by atoms with E-state index in [0.29, 0.717) is 17.0 Å². The highest BCUT2D eigenvalue weighted by Crippen LogP contribution is 2.54. The highest BCUT2D eigenvalue weighted by atomic mass is 14.7. The van der Waals surface area contributed by atoms with E-state index in [1.54, 1.807) is 18.2 Å². The number of hydrogen-bond acceptors (Lipinski definition) is 4. The van der Waals surface area contributed by atoms with Crippen LogP contribution in [0.3, 0.4) is 0 Å². The summed E-state index contributed by atoms with van der Waals surface area (Å²) in [5, 5.41) is 19.6. The van der Waals surface area contributed by atoms with Crippen molar-refractivity contribution in [2.24, 2.45) is 22.8 Å². The Bertz CT molecular complexity index is 812. The summed E-state index contributed by atoms with van der Waals surface area (Å²) >= 11 is 0. The van der Waals surface area contributed by atoms with Crippen molar-refractivity contribution in [3.63, 3.8) is 0 Å². The number of rotatable bonds is 1. The molecule has 0 saturated carbocycles. The smallest absolute Gasteiger partial charge is 0.181 e. The summed E-state index contributed by atoms with van der Waals surface area (Å²) in [5.41, 5.74) is 14.0. The summed E-state index contributed by atoms with van der Waals surface area (Å²) in [6.45, 7) is 0. The Morgan fingerprint density at radius 2 is 1.73 bits per heavy atom. The van der Waals surface area contributed by atoms with Gasteiger partial charge in [-0.15, -0.1) is 0 Å². The summed E-state index contributed by atoms with van der Waals surface area (Å²) in [6.07, 6.45) is 7.08. The zero-order valence-electron chi connectivity index (χ0n) is 11.8. The number of nitrogens with zero attached hydrogens (tertiary/aromatic N) is 2. The lowest BCUT2D eigenvalue weighted by atomic mass is 9.73. The van der Waals surface area contributed by atoms with Gasteiger partial charge in [-0.05, 0) is 23.3 Å². The monoisotopic (exact) mass is 286 g/mol. The van der Waals surface area contributed by atoms with Crippen molar-refractivity contribution < 1.29 is 0 Å². The van der Waals surface area contributed by atoms with E-state index >= 15 is 0 Å². The largest absolute Gasteiger partial charge is 0.399 e. The molecule has 4 nitrogen and oxygen atoms in total. The van der Waals surface area contributed by atoms with E-state index in [1.165, 1.54) is 0 Å². The second-order valence-corrected chi connectivity index (χ2v) is 5.32. The molecule has 0 amide bonds. The summed E-state index contributed by atoms with van der Waals surface area (Å²) in [4.78, 5) is 0. The van der Waals surface area contributed by atoms with Gasteiger partial charge >= 0.3 is 0 Å². The minimum absolute atomic E-state index is 0.421. The van der Waals surface area contributed by atoms with Crippen LogP contribution >= 0.6 is 0 Å². The molecule has 0 spiro atoms. The van der Waals surface area contributed by atoms with Crippen LogP contribution in [0.2, 0.25) is 0 Å². The fraction of sp³-hybridized carbons (Fsp3) is 0.111. The maximum atomic E-state index is 9.79. The predicted molar refractivity (Wildman–Crippen MR) is 84.2 cm³/mol. The van der Waals surface area contributed by atoms with Crippen molar-refractivity contribution in [1.82, 2.24) is 0 Å². The van der Waals surface area contributed by atoms with E-state index < -0.39 is 11.3 Å². The molecule has 0 bridgehead atoms. The van der Waals surface area contributed by atoms with Crippen molar-refractivity contribution in [1.29, 1.82) is 10.5 Å². The van der Waals surface area contributed by atoms with Crippen LogP contribution in [0.4, 0.5) is 0 Å². The van der Waals surface area contributed by atoms with E-state index in [1.807, 2.05) is 36.4 Å². The Morgan fingerprint density at radius 1 is 1.05 bits per heavy atom. The van der Waals surface area contributed by atoms with E-state index in [0.717, 1.165) is 11.1 Å². The quantitative estimate of drug-likeness (QED) is 0.827. The van der Waals surface area contributed by atoms with Crippen LogP contribution in [-0.2, 0) is 0 Å². The maximum absolute atomic E-state index is 9.79. The molecule has 106 valence electrons. The van der Waals surface area contributed by atoms with Crippen LogP contribution in [0.25, 0.3) is 5.57 Å². The highest BCUT2D eigenvalue weighted by molar-refractivity contribution is 5.86. The summed E-state index contributed by atoms with van der Waals surface area (Å²) in [6, 6.07) is 13.7. The first kappa shape index (κ1) is 13.7. The summed E-state index contributed by atoms with van der Waals surface area (Å²) in [7, 11) is 0. The molecule has 0 fully saturated rings. The topological polar surface area (TPSA) is 99.6 Å². The molecule has 3 rings (SSSR count). The summed E-state index contributed by atoms with van der Waals surface area (Å²) in [5.74, 6) is -0.421. The van der Waals surface area contributed by atoms with Crippen LogP contribution in [0.1, 0.15) is 5.56 Å². The fourth-order valence-corrected chi connectivity index (χ4v) is 3.10. The second kappa shape index (κ2) is 4.95. The Balaban J connectivity index is 2.33. The molecule has 1 aromatic carbocycles. The van der Waals surface area contributed by atoms with E-state index in [4.69, 9.17) is 11.5 Å². The highest BCUT2D eigenvalue weighted by Gasteiger charge is 2.51. The third kappa shape index (κ3) is 1.75. The molecule has 0 aliphatic heterocycles. The van der Waals surface area contributed by atoms with Gasteiger partial charge in [0.25, 0.3) is 0 Å². The first-order valence-electron chi connectivity index (χ1n) is 6.88. The van der Waals surface area contributed by atoms with Crippen LogP contribution in [0, 0.1) is 34.0 Å². The molecule has 0 radical (unpaired) electrons. The molecular formula is C18H14N4. The maximum Gasteiger partial charge on any atom is 0.181 e. The third-order valence-electron chi connectivity index (χ3n) is 4.11. The lowest BCUT2D eigenvalue weighted by Crippen LogP contribution is -2.24.